The minimum absolute atomic E-state index is 0.0228. The summed E-state index contributed by atoms with van der Waals surface area (Å²) in [5.74, 6) is 0.260. The number of nitrogens with zero attached hydrogens (tertiary/aromatic N) is 2. The maximum atomic E-state index is 12.8. The highest BCUT2D eigenvalue weighted by molar-refractivity contribution is 7.91. The topological polar surface area (TPSA) is 79.4 Å². The van der Waals surface area contributed by atoms with Crippen LogP contribution >= 0.6 is 0 Å². The van der Waals surface area contributed by atoms with Crippen LogP contribution in [0.5, 0.6) is 0 Å². The number of aromatic nitrogens is 1. The molecule has 0 aliphatic carbocycles. The van der Waals surface area contributed by atoms with Gasteiger partial charge in [-0.25, -0.2) is 8.42 Å². The normalized spacial score (nSPS) is 18.4. The second kappa shape index (κ2) is 7.68. The molecule has 1 atom stereocenters. The number of rotatable bonds is 5. The van der Waals surface area contributed by atoms with Gasteiger partial charge in [0.25, 0.3) is 5.91 Å². The number of carbonyl (C=O) groups is 1. The van der Waals surface area contributed by atoms with Crippen LogP contribution < -0.4 is 5.32 Å². The molecule has 1 aromatic heterocycles. The smallest absolute Gasteiger partial charge is 0.272 e. The first kappa shape index (κ1) is 19.4. The van der Waals surface area contributed by atoms with E-state index in [4.69, 9.17) is 0 Å². The highest BCUT2D eigenvalue weighted by atomic mass is 32.2. The molecule has 1 aliphatic heterocycles. The van der Waals surface area contributed by atoms with E-state index in [0.29, 0.717) is 18.0 Å². The lowest BCUT2D eigenvalue weighted by Gasteiger charge is -2.23. The van der Waals surface area contributed by atoms with Crippen molar-refractivity contribution in [1.82, 2.24) is 9.88 Å². The van der Waals surface area contributed by atoms with Crippen LogP contribution in [-0.4, -0.2) is 48.8 Å². The molecule has 3 rings (SSSR count). The van der Waals surface area contributed by atoms with Crippen molar-refractivity contribution in [2.75, 3.05) is 23.9 Å². The quantitative estimate of drug-likeness (QED) is 0.852. The van der Waals surface area contributed by atoms with Crippen molar-refractivity contribution < 1.29 is 13.2 Å². The first-order valence-corrected chi connectivity index (χ1v) is 10.9. The van der Waals surface area contributed by atoms with E-state index in [1.54, 1.807) is 19.3 Å². The zero-order valence-electron chi connectivity index (χ0n) is 15.8. The number of hydrogen-bond donors (Lipinski definition) is 1. The van der Waals surface area contributed by atoms with E-state index in [0.717, 1.165) is 11.4 Å². The molecule has 1 N–H and O–H groups in total. The van der Waals surface area contributed by atoms with Gasteiger partial charge in [0, 0.05) is 30.7 Å². The molecule has 1 unspecified atom stereocenters. The van der Waals surface area contributed by atoms with Crippen LogP contribution in [0.4, 0.5) is 11.4 Å². The fraction of sp³-hybridized carbons (Fsp3) is 0.400. The van der Waals surface area contributed by atoms with Crippen molar-refractivity contribution in [3.63, 3.8) is 0 Å². The van der Waals surface area contributed by atoms with Gasteiger partial charge in [-0.2, -0.15) is 0 Å². The van der Waals surface area contributed by atoms with Crippen LogP contribution in [0.1, 0.15) is 42.2 Å². The van der Waals surface area contributed by atoms with Crippen LogP contribution in [0.3, 0.4) is 0 Å². The average Bonchev–Trinajstić information content (AvgIpc) is 3.01. The monoisotopic (exact) mass is 387 g/mol. The number of sulfone groups is 1. The Kier molecular flexibility index (Phi) is 5.51. The molecule has 7 heteroatoms. The van der Waals surface area contributed by atoms with Crippen LogP contribution in [0, 0.1) is 0 Å². The summed E-state index contributed by atoms with van der Waals surface area (Å²) >= 11 is 0. The number of amides is 1. The van der Waals surface area contributed by atoms with E-state index in [-0.39, 0.29) is 23.5 Å². The molecule has 6 nitrogen and oxygen atoms in total. The van der Waals surface area contributed by atoms with Crippen molar-refractivity contribution in [2.45, 2.75) is 32.2 Å². The molecule has 1 aromatic carbocycles. The Morgan fingerprint density at radius 2 is 2.00 bits per heavy atom. The van der Waals surface area contributed by atoms with Crippen molar-refractivity contribution in [1.29, 1.82) is 0 Å². The van der Waals surface area contributed by atoms with Gasteiger partial charge in [-0.05, 0) is 36.1 Å². The highest BCUT2D eigenvalue weighted by Crippen LogP contribution is 2.27. The van der Waals surface area contributed by atoms with Crippen molar-refractivity contribution in [3.05, 3.63) is 53.9 Å². The minimum atomic E-state index is -3.04. The van der Waals surface area contributed by atoms with Gasteiger partial charge in [0.15, 0.2) is 9.84 Å². The van der Waals surface area contributed by atoms with E-state index in [1.165, 1.54) is 10.5 Å². The lowest BCUT2D eigenvalue weighted by atomic mass is 10.0. The summed E-state index contributed by atoms with van der Waals surface area (Å²) in [6, 6.07) is 11.3. The van der Waals surface area contributed by atoms with Crippen LogP contribution in [0.25, 0.3) is 0 Å². The van der Waals surface area contributed by atoms with Crippen molar-refractivity contribution in [3.8, 4) is 0 Å². The highest BCUT2D eigenvalue weighted by Gasteiger charge is 2.33. The third-order valence-electron chi connectivity index (χ3n) is 4.92. The Morgan fingerprint density at radius 3 is 2.67 bits per heavy atom. The Hall–Kier alpha value is -2.41. The fourth-order valence-corrected chi connectivity index (χ4v) is 5.10. The van der Waals surface area contributed by atoms with E-state index in [9.17, 15) is 13.2 Å². The second-order valence-electron chi connectivity index (χ2n) is 7.27. The van der Waals surface area contributed by atoms with Gasteiger partial charge >= 0.3 is 0 Å². The molecule has 2 heterocycles. The molecule has 27 heavy (non-hydrogen) atoms. The van der Waals surface area contributed by atoms with Gasteiger partial charge in [0.2, 0.25) is 0 Å². The maximum Gasteiger partial charge on any atom is 0.272 e. The molecular weight excluding hydrogens is 362 g/mol. The molecule has 0 spiro atoms. The molecule has 1 aliphatic rings. The van der Waals surface area contributed by atoms with Gasteiger partial charge in [-0.1, -0.05) is 32.0 Å². The van der Waals surface area contributed by atoms with Gasteiger partial charge < -0.3 is 10.2 Å². The summed E-state index contributed by atoms with van der Waals surface area (Å²) in [4.78, 5) is 18.4. The van der Waals surface area contributed by atoms with Gasteiger partial charge in [-0.3, -0.25) is 9.78 Å². The zero-order valence-corrected chi connectivity index (χ0v) is 16.7. The summed E-state index contributed by atoms with van der Waals surface area (Å²) in [6.45, 7) is 4.26. The molecule has 0 bridgehead atoms. The molecular formula is C20H25N3O3S. The molecule has 1 fully saturated rings. The Morgan fingerprint density at radius 1 is 1.26 bits per heavy atom. The Balaban J connectivity index is 1.79. The standard InChI is InChI=1S/C20H25N3O3S/c1-14(2)17-6-4-5-7-18(17)22-15-8-10-21-19(12-15)20(24)23(3)16-9-11-27(25,26)13-16/h4-8,10,12,14,16H,9,11,13H2,1-3H3,(H,21,22). The number of pyridine rings is 1. The molecule has 0 saturated carbocycles. The third-order valence-corrected chi connectivity index (χ3v) is 6.67. The number of hydrogen-bond acceptors (Lipinski definition) is 5. The summed E-state index contributed by atoms with van der Waals surface area (Å²) in [5, 5.41) is 3.36. The summed E-state index contributed by atoms with van der Waals surface area (Å²) < 4.78 is 23.4. The first-order valence-electron chi connectivity index (χ1n) is 9.06. The number of anilines is 2. The second-order valence-corrected chi connectivity index (χ2v) is 9.50. The van der Waals surface area contributed by atoms with Crippen molar-refractivity contribution >= 4 is 27.1 Å². The SMILES string of the molecule is CC(C)c1ccccc1Nc1ccnc(C(=O)N(C)C2CCS(=O)(=O)C2)c1. The van der Waals surface area contributed by atoms with E-state index >= 15 is 0 Å². The van der Waals surface area contributed by atoms with Crippen LogP contribution in [-0.2, 0) is 9.84 Å². The minimum Gasteiger partial charge on any atom is -0.355 e. The lowest BCUT2D eigenvalue weighted by Crippen LogP contribution is -2.38. The first-order chi connectivity index (χ1) is 12.8. The molecule has 2 aromatic rings. The predicted octanol–water partition coefficient (Wildman–Crippen LogP) is 3.21. The lowest BCUT2D eigenvalue weighted by molar-refractivity contribution is 0.0742. The summed E-state index contributed by atoms with van der Waals surface area (Å²) in [6.07, 6.45) is 2.07. The molecule has 0 radical (unpaired) electrons. The Labute approximate surface area is 160 Å². The predicted molar refractivity (Wildman–Crippen MR) is 107 cm³/mol. The van der Waals surface area contributed by atoms with Gasteiger partial charge in [0.05, 0.1) is 11.5 Å². The average molecular weight is 388 g/mol. The Bertz CT molecular complexity index is 941. The fourth-order valence-electron chi connectivity index (χ4n) is 3.32. The van der Waals surface area contributed by atoms with Crippen LogP contribution in [0.15, 0.2) is 42.6 Å². The number of para-hydroxylation sites is 1. The van der Waals surface area contributed by atoms with E-state index in [1.807, 2.05) is 24.3 Å². The third kappa shape index (κ3) is 4.47. The summed E-state index contributed by atoms with van der Waals surface area (Å²) in [7, 11) is -1.40. The van der Waals surface area contributed by atoms with Crippen molar-refractivity contribution in [2.24, 2.45) is 0 Å². The zero-order chi connectivity index (χ0) is 19.6. The number of nitrogens with one attached hydrogen (secondary N) is 1. The molecule has 1 amide bonds. The summed E-state index contributed by atoms with van der Waals surface area (Å²) in [5.41, 5.74) is 3.26. The van der Waals surface area contributed by atoms with E-state index < -0.39 is 9.84 Å². The van der Waals surface area contributed by atoms with Gasteiger partial charge in [-0.15, -0.1) is 0 Å². The van der Waals surface area contributed by atoms with E-state index in [2.05, 4.69) is 30.2 Å². The molecule has 1 saturated heterocycles. The maximum absolute atomic E-state index is 12.8. The molecule has 144 valence electrons. The van der Waals surface area contributed by atoms with Crippen LogP contribution in [0.2, 0.25) is 0 Å². The number of benzene rings is 1. The van der Waals surface area contributed by atoms with Gasteiger partial charge in [0.1, 0.15) is 5.69 Å². The largest absolute Gasteiger partial charge is 0.355 e. The number of carbonyl (C=O) groups excluding carboxylic acids is 1.